The summed E-state index contributed by atoms with van der Waals surface area (Å²) in [7, 11) is 0. The number of nitrogen functional groups attached to an aromatic ring is 1. The molecule has 134 valence electrons. The molecule has 2 aromatic heterocycles. The molecule has 1 saturated heterocycles. The van der Waals surface area contributed by atoms with Crippen molar-refractivity contribution in [2.24, 2.45) is 0 Å². The maximum Gasteiger partial charge on any atom is 0.303 e. The molecule has 0 aromatic carbocycles. The molecule has 4 atom stereocenters. The number of esters is 2. The van der Waals surface area contributed by atoms with E-state index in [0.717, 1.165) is 0 Å². The van der Waals surface area contributed by atoms with Crippen molar-refractivity contribution in [3.05, 3.63) is 11.5 Å². The summed E-state index contributed by atoms with van der Waals surface area (Å²) < 4.78 is 18.0. The first-order valence-electron chi connectivity index (χ1n) is 7.43. The van der Waals surface area contributed by atoms with Crippen molar-refractivity contribution < 1.29 is 23.8 Å². The SMILES string of the molecule is CC(=O)O[C@@H]1[C@@H](C)OC(n2cnc3c(Cl)nc(N)nc32)[C@@H]1OC(C)=O. The minimum absolute atomic E-state index is 0.0362. The molecule has 0 aliphatic carbocycles. The van der Waals surface area contributed by atoms with Gasteiger partial charge >= 0.3 is 11.9 Å². The second kappa shape index (κ2) is 6.45. The molecule has 0 bridgehead atoms. The van der Waals surface area contributed by atoms with E-state index in [1.165, 1.54) is 24.7 Å². The lowest BCUT2D eigenvalue weighted by Crippen LogP contribution is -2.38. The highest BCUT2D eigenvalue weighted by molar-refractivity contribution is 6.33. The Morgan fingerprint density at radius 1 is 1.24 bits per heavy atom. The molecule has 0 spiro atoms. The Morgan fingerprint density at radius 2 is 1.88 bits per heavy atom. The second-order valence-electron chi connectivity index (χ2n) is 5.58. The van der Waals surface area contributed by atoms with Gasteiger partial charge in [0.05, 0.1) is 12.4 Å². The van der Waals surface area contributed by atoms with Gasteiger partial charge in [0, 0.05) is 13.8 Å². The molecule has 2 aromatic rings. The van der Waals surface area contributed by atoms with Gasteiger partial charge in [0.15, 0.2) is 29.2 Å². The van der Waals surface area contributed by atoms with Crippen LogP contribution in [0.4, 0.5) is 5.95 Å². The fraction of sp³-hybridized carbons (Fsp3) is 0.500. The molecule has 10 nitrogen and oxygen atoms in total. The first-order chi connectivity index (χ1) is 11.8. The highest BCUT2D eigenvalue weighted by Gasteiger charge is 2.48. The van der Waals surface area contributed by atoms with E-state index in [0.29, 0.717) is 11.2 Å². The number of hydrogen-bond acceptors (Lipinski definition) is 9. The van der Waals surface area contributed by atoms with Crippen LogP contribution in [0.5, 0.6) is 0 Å². The Hall–Kier alpha value is -2.46. The number of rotatable bonds is 3. The first-order valence-corrected chi connectivity index (χ1v) is 7.81. The summed E-state index contributed by atoms with van der Waals surface area (Å²) in [6.07, 6.45) is -1.58. The van der Waals surface area contributed by atoms with E-state index in [1.54, 1.807) is 6.92 Å². The molecule has 1 aliphatic rings. The molecule has 1 aliphatic heterocycles. The molecular formula is C14H16ClN5O5. The van der Waals surface area contributed by atoms with E-state index in [1.807, 2.05) is 0 Å². The van der Waals surface area contributed by atoms with E-state index in [9.17, 15) is 9.59 Å². The minimum atomic E-state index is -0.885. The summed E-state index contributed by atoms with van der Waals surface area (Å²) in [5, 5.41) is 0.0906. The van der Waals surface area contributed by atoms with Gasteiger partial charge in [-0.3, -0.25) is 14.2 Å². The number of imidazole rings is 1. The number of halogens is 1. The van der Waals surface area contributed by atoms with Gasteiger partial charge in [-0.05, 0) is 6.92 Å². The van der Waals surface area contributed by atoms with E-state index >= 15 is 0 Å². The number of ether oxygens (including phenoxy) is 3. The number of carbonyl (C=O) groups is 2. The predicted molar refractivity (Wildman–Crippen MR) is 85.4 cm³/mol. The molecule has 0 radical (unpaired) electrons. The monoisotopic (exact) mass is 369 g/mol. The fourth-order valence-electron chi connectivity index (χ4n) is 2.78. The van der Waals surface area contributed by atoms with Gasteiger partial charge < -0.3 is 19.9 Å². The van der Waals surface area contributed by atoms with Crippen molar-refractivity contribution in [3.63, 3.8) is 0 Å². The molecule has 3 heterocycles. The lowest BCUT2D eigenvalue weighted by molar-refractivity contribution is -0.165. The number of hydrogen-bond donors (Lipinski definition) is 1. The Kier molecular flexibility index (Phi) is 4.48. The van der Waals surface area contributed by atoms with Crippen LogP contribution in [0.1, 0.15) is 27.0 Å². The van der Waals surface area contributed by atoms with Crippen LogP contribution in [-0.2, 0) is 23.8 Å². The van der Waals surface area contributed by atoms with Crippen LogP contribution in [0.15, 0.2) is 6.33 Å². The summed E-state index contributed by atoms with van der Waals surface area (Å²) in [5.41, 5.74) is 6.28. The average Bonchev–Trinajstić information content (AvgIpc) is 3.02. The molecule has 1 fully saturated rings. The molecule has 3 rings (SSSR count). The standard InChI is InChI=1S/C14H16ClN5O5/c1-5-9(24-6(2)21)10(25-7(3)22)13(23-5)20-4-17-8-11(15)18-14(16)19-12(8)20/h4-5,9-10,13H,1-3H3,(H2,16,18,19)/t5-,9-,10-,13?/m1/s1. The van der Waals surface area contributed by atoms with Crippen LogP contribution < -0.4 is 5.73 Å². The van der Waals surface area contributed by atoms with Crippen LogP contribution in [0.25, 0.3) is 11.2 Å². The molecule has 25 heavy (non-hydrogen) atoms. The van der Waals surface area contributed by atoms with Crippen molar-refractivity contribution in [1.82, 2.24) is 19.5 Å². The Labute approximate surface area is 147 Å². The first kappa shape index (κ1) is 17.4. The van der Waals surface area contributed by atoms with Gasteiger partial charge in [-0.15, -0.1) is 0 Å². The lowest BCUT2D eigenvalue weighted by atomic mass is 10.1. The Bertz CT molecular complexity index is 840. The van der Waals surface area contributed by atoms with Crippen molar-refractivity contribution in [1.29, 1.82) is 0 Å². The molecular weight excluding hydrogens is 354 g/mol. The highest BCUT2D eigenvalue weighted by Crippen LogP contribution is 2.36. The zero-order chi connectivity index (χ0) is 18.3. The summed E-state index contributed by atoms with van der Waals surface area (Å²) >= 11 is 6.03. The number of anilines is 1. The van der Waals surface area contributed by atoms with Crippen LogP contribution in [0.3, 0.4) is 0 Å². The largest absolute Gasteiger partial charge is 0.456 e. The summed E-state index contributed by atoms with van der Waals surface area (Å²) in [6.45, 7) is 4.23. The Morgan fingerprint density at radius 3 is 2.52 bits per heavy atom. The molecule has 1 unspecified atom stereocenters. The molecule has 0 saturated carbocycles. The smallest absolute Gasteiger partial charge is 0.303 e. The maximum atomic E-state index is 11.5. The van der Waals surface area contributed by atoms with Crippen LogP contribution in [0.2, 0.25) is 5.15 Å². The van der Waals surface area contributed by atoms with Crippen molar-refractivity contribution >= 4 is 40.7 Å². The van der Waals surface area contributed by atoms with E-state index < -0.39 is 36.5 Å². The van der Waals surface area contributed by atoms with Crippen molar-refractivity contribution in [2.75, 3.05) is 5.73 Å². The maximum absolute atomic E-state index is 11.5. The minimum Gasteiger partial charge on any atom is -0.456 e. The predicted octanol–water partition coefficient (Wildman–Crippen LogP) is 0.843. The second-order valence-corrected chi connectivity index (χ2v) is 5.93. The normalized spacial score (nSPS) is 25.9. The van der Waals surface area contributed by atoms with Crippen LogP contribution >= 0.6 is 11.6 Å². The molecule has 0 amide bonds. The van der Waals surface area contributed by atoms with Crippen molar-refractivity contribution in [2.45, 2.75) is 45.3 Å². The van der Waals surface area contributed by atoms with Gasteiger partial charge in [0.2, 0.25) is 5.95 Å². The fourth-order valence-corrected chi connectivity index (χ4v) is 3.00. The Balaban J connectivity index is 2.05. The topological polar surface area (TPSA) is 131 Å². The highest BCUT2D eigenvalue weighted by atomic mass is 35.5. The van der Waals surface area contributed by atoms with E-state index in [2.05, 4.69) is 15.0 Å². The van der Waals surface area contributed by atoms with Gasteiger partial charge in [0.1, 0.15) is 5.52 Å². The quantitative estimate of drug-likeness (QED) is 0.617. The van der Waals surface area contributed by atoms with Crippen molar-refractivity contribution in [3.8, 4) is 0 Å². The van der Waals surface area contributed by atoms with Crippen LogP contribution in [0, 0.1) is 0 Å². The average molecular weight is 370 g/mol. The van der Waals surface area contributed by atoms with Gasteiger partial charge in [-0.2, -0.15) is 9.97 Å². The lowest BCUT2D eigenvalue weighted by Gasteiger charge is -2.23. The number of nitrogens with zero attached hydrogens (tertiary/aromatic N) is 4. The zero-order valence-corrected chi connectivity index (χ0v) is 14.4. The third-order valence-electron chi connectivity index (χ3n) is 3.70. The third kappa shape index (κ3) is 3.22. The summed E-state index contributed by atoms with van der Waals surface area (Å²) in [6, 6.07) is 0. The molecule has 2 N–H and O–H groups in total. The zero-order valence-electron chi connectivity index (χ0n) is 13.7. The van der Waals surface area contributed by atoms with E-state index in [-0.39, 0.29) is 11.1 Å². The number of nitrogens with two attached hydrogens (primary N) is 1. The number of aromatic nitrogens is 4. The molecule has 11 heteroatoms. The van der Waals surface area contributed by atoms with Gasteiger partial charge in [-0.25, -0.2) is 4.98 Å². The van der Waals surface area contributed by atoms with Gasteiger partial charge in [-0.1, -0.05) is 11.6 Å². The number of carbonyl (C=O) groups excluding carboxylic acids is 2. The van der Waals surface area contributed by atoms with E-state index in [4.69, 9.17) is 31.5 Å². The summed E-state index contributed by atoms with van der Waals surface area (Å²) in [4.78, 5) is 35.0. The van der Waals surface area contributed by atoms with Gasteiger partial charge in [0.25, 0.3) is 0 Å². The summed E-state index contributed by atoms with van der Waals surface area (Å²) in [5.74, 6) is -1.09. The number of fused-ring (bicyclic) bond motifs is 1. The third-order valence-corrected chi connectivity index (χ3v) is 3.96. The van der Waals surface area contributed by atoms with Crippen LogP contribution in [-0.4, -0.2) is 49.8 Å².